The van der Waals surface area contributed by atoms with E-state index in [0.717, 1.165) is 31.6 Å². The largest absolute Gasteiger partial charge is 0.573 e. The Morgan fingerprint density at radius 3 is 2.06 bits per heavy atom. The third-order valence-corrected chi connectivity index (χ3v) is 6.17. The van der Waals surface area contributed by atoms with E-state index >= 15 is 0 Å². The number of hydrogen-bond acceptors (Lipinski definition) is 7. The van der Waals surface area contributed by atoms with E-state index in [1.165, 1.54) is 31.2 Å². The zero-order valence-electron chi connectivity index (χ0n) is 19.1. The molecule has 1 fully saturated rings. The van der Waals surface area contributed by atoms with Gasteiger partial charge in [0, 0.05) is 31.6 Å². The first-order valence-electron chi connectivity index (χ1n) is 11.0. The summed E-state index contributed by atoms with van der Waals surface area (Å²) in [4.78, 5) is 2.17. The van der Waals surface area contributed by atoms with Crippen molar-refractivity contribution in [3.8, 4) is 17.2 Å². The van der Waals surface area contributed by atoms with Crippen molar-refractivity contribution in [3.05, 3.63) is 48.5 Å². The second-order valence-electron chi connectivity index (χ2n) is 8.64. The van der Waals surface area contributed by atoms with E-state index in [9.17, 15) is 26.7 Å². The maximum atomic E-state index is 12.3. The number of aliphatic hydroxyl groups is 1. The summed E-state index contributed by atoms with van der Waals surface area (Å²) < 4.78 is 82.6. The molecule has 0 radical (unpaired) electrons. The van der Waals surface area contributed by atoms with Crippen molar-refractivity contribution in [1.82, 2.24) is 0 Å². The Kier molecular flexibility index (Phi) is 8.39. The maximum Gasteiger partial charge on any atom is 0.573 e. The molecule has 1 unspecified atom stereocenters. The molecule has 0 aromatic heterocycles. The van der Waals surface area contributed by atoms with Crippen molar-refractivity contribution in [2.75, 3.05) is 30.3 Å². The molecule has 2 aromatic carbocycles. The molecule has 12 heteroatoms. The Morgan fingerprint density at radius 1 is 0.971 bits per heavy atom. The highest BCUT2D eigenvalue weighted by Gasteiger charge is 2.31. The van der Waals surface area contributed by atoms with Crippen LogP contribution in [0.25, 0.3) is 0 Å². The van der Waals surface area contributed by atoms with Gasteiger partial charge in [-0.25, -0.2) is 0 Å². The molecule has 0 bridgehead atoms. The normalized spacial score (nSPS) is 17.0. The Hall–Kier alpha value is -2.70. The second-order valence-corrected chi connectivity index (χ2v) is 10.2. The monoisotopic (exact) mass is 519 g/mol. The van der Waals surface area contributed by atoms with Gasteiger partial charge in [-0.1, -0.05) is 0 Å². The first kappa shape index (κ1) is 26.9. The molecule has 1 atom stereocenters. The summed E-state index contributed by atoms with van der Waals surface area (Å²) in [7, 11) is -4.16. The number of alkyl halides is 3. The summed E-state index contributed by atoms with van der Waals surface area (Å²) in [6.45, 7) is 2.76. The topological polar surface area (TPSA) is 106 Å². The molecule has 1 aliphatic rings. The van der Waals surface area contributed by atoms with Crippen molar-refractivity contribution in [3.63, 3.8) is 0 Å². The fourth-order valence-electron chi connectivity index (χ4n) is 3.56. The second kappa shape index (κ2) is 10.9. The van der Waals surface area contributed by atoms with E-state index in [0.29, 0.717) is 11.5 Å². The lowest BCUT2D eigenvalue weighted by Crippen LogP contribution is -2.38. The summed E-state index contributed by atoms with van der Waals surface area (Å²) in [5.74, 6) is 0.137. The van der Waals surface area contributed by atoms with Crippen LogP contribution < -0.4 is 19.1 Å². The van der Waals surface area contributed by atoms with Crippen molar-refractivity contribution < 1.29 is 45.5 Å². The zero-order chi connectivity index (χ0) is 25.7. The SMILES string of the molecule is CC(O)(CCS(=O)(=O)O)COc1ccc(N2CCC(Oc3ccc(OC(F)(F)F)cc3)CC2)cc1. The van der Waals surface area contributed by atoms with E-state index in [-0.39, 0.29) is 24.9 Å². The standard InChI is InChI=1S/C23H28F3NO7S/c1-22(28,12-15-35(29,30)31)16-32-18-4-2-17(3-5-18)27-13-10-20(11-14-27)33-19-6-8-21(9-7-19)34-23(24,25)26/h2-9,20,28H,10-16H2,1H3,(H,29,30,31). The molecule has 1 aliphatic heterocycles. The third-order valence-electron chi connectivity index (χ3n) is 5.45. The number of ether oxygens (including phenoxy) is 3. The van der Waals surface area contributed by atoms with Crippen molar-refractivity contribution in [2.45, 2.75) is 44.3 Å². The van der Waals surface area contributed by atoms with Gasteiger partial charge < -0.3 is 24.2 Å². The van der Waals surface area contributed by atoms with Crippen LogP contribution in [0.15, 0.2) is 48.5 Å². The molecule has 194 valence electrons. The fraction of sp³-hybridized carbons (Fsp3) is 0.478. The number of rotatable bonds is 10. The average molecular weight is 520 g/mol. The van der Waals surface area contributed by atoms with Crippen molar-refractivity contribution in [1.29, 1.82) is 0 Å². The molecule has 2 aromatic rings. The van der Waals surface area contributed by atoms with Crippen LogP contribution >= 0.6 is 0 Å². The molecule has 1 saturated heterocycles. The molecule has 2 N–H and O–H groups in total. The van der Waals surface area contributed by atoms with Crippen LogP contribution in [-0.2, 0) is 10.1 Å². The van der Waals surface area contributed by atoms with E-state index in [2.05, 4.69) is 9.64 Å². The quantitative estimate of drug-likeness (QED) is 0.453. The van der Waals surface area contributed by atoms with Gasteiger partial charge in [0.2, 0.25) is 0 Å². The van der Waals surface area contributed by atoms with E-state index < -0.39 is 27.8 Å². The fourth-order valence-corrected chi connectivity index (χ4v) is 4.25. The molecular formula is C23H28F3NO7S. The van der Waals surface area contributed by atoms with Crippen LogP contribution in [0, 0.1) is 0 Å². The van der Waals surface area contributed by atoms with Crippen LogP contribution in [0.3, 0.4) is 0 Å². The summed E-state index contributed by atoms with van der Waals surface area (Å²) >= 11 is 0. The Morgan fingerprint density at radius 2 is 1.51 bits per heavy atom. The number of piperidine rings is 1. The van der Waals surface area contributed by atoms with Gasteiger partial charge in [0.15, 0.2) is 0 Å². The predicted octanol–water partition coefficient (Wildman–Crippen LogP) is 4.04. The van der Waals surface area contributed by atoms with Gasteiger partial charge in [-0.3, -0.25) is 4.55 Å². The minimum Gasteiger partial charge on any atom is -0.491 e. The molecule has 35 heavy (non-hydrogen) atoms. The predicted molar refractivity (Wildman–Crippen MR) is 123 cm³/mol. The Bertz CT molecular complexity index is 1050. The van der Waals surface area contributed by atoms with Crippen LogP contribution in [0.2, 0.25) is 0 Å². The highest BCUT2D eigenvalue weighted by atomic mass is 32.2. The zero-order valence-corrected chi connectivity index (χ0v) is 19.9. The molecule has 0 amide bonds. The lowest BCUT2D eigenvalue weighted by atomic mass is 10.1. The van der Waals surface area contributed by atoms with Gasteiger partial charge in [0.1, 0.15) is 30.0 Å². The first-order chi connectivity index (χ1) is 16.3. The van der Waals surface area contributed by atoms with E-state index in [1.807, 2.05) is 12.1 Å². The summed E-state index contributed by atoms with van der Waals surface area (Å²) in [6, 6.07) is 12.6. The van der Waals surface area contributed by atoms with Gasteiger partial charge in [0.05, 0.1) is 11.4 Å². The maximum absolute atomic E-state index is 12.3. The lowest BCUT2D eigenvalue weighted by molar-refractivity contribution is -0.274. The molecule has 0 spiro atoms. The van der Waals surface area contributed by atoms with Gasteiger partial charge in [0.25, 0.3) is 10.1 Å². The van der Waals surface area contributed by atoms with Gasteiger partial charge in [-0.05, 0) is 61.9 Å². The highest BCUT2D eigenvalue weighted by Crippen LogP contribution is 2.28. The van der Waals surface area contributed by atoms with E-state index in [1.54, 1.807) is 12.1 Å². The van der Waals surface area contributed by atoms with Gasteiger partial charge in [-0.15, -0.1) is 13.2 Å². The number of benzene rings is 2. The molecule has 0 saturated carbocycles. The Balaban J connectivity index is 1.44. The molecule has 0 aliphatic carbocycles. The van der Waals surface area contributed by atoms with Gasteiger partial charge in [-0.2, -0.15) is 8.42 Å². The third kappa shape index (κ3) is 9.46. The van der Waals surface area contributed by atoms with Crippen LogP contribution in [0.5, 0.6) is 17.2 Å². The van der Waals surface area contributed by atoms with Crippen LogP contribution in [0.1, 0.15) is 26.2 Å². The summed E-state index contributed by atoms with van der Waals surface area (Å²) in [5.41, 5.74) is -0.440. The highest BCUT2D eigenvalue weighted by molar-refractivity contribution is 7.85. The van der Waals surface area contributed by atoms with Crippen LogP contribution in [-0.4, -0.2) is 61.6 Å². The first-order valence-corrected chi connectivity index (χ1v) is 12.6. The number of halogens is 3. The summed E-state index contributed by atoms with van der Waals surface area (Å²) in [5, 5.41) is 10.2. The Labute approximate surface area is 202 Å². The molecular weight excluding hydrogens is 491 g/mol. The minimum absolute atomic E-state index is 0.0618. The number of hydrogen-bond donors (Lipinski definition) is 2. The lowest BCUT2D eigenvalue weighted by Gasteiger charge is -2.33. The molecule has 1 heterocycles. The number of nitrogens with zero attached hydrogens (tertiary/aromatic N) is 1. The summed E-state index contributed by atoms with van der Waals surface area (Å²) in [6.07, 6.45) is -3.49. The van der Waals surface area contributed by atoms with E-state index in [4.69, 9.17) is 14.0 Å². The van der Waals surface area contributed by atoms with Gasteiger partial charge >= 0.3 is 6.36 Å². The number of anilines is 1. The average Bonchev–Trinajstić information content (AvgIpc) is 2.77. The smallest absolute Gasteiger partial charge is 0.491 e. The van der Waals surface area contributed by atoms with Crippen LogP contribution in [0.4, 0.5) is 18.9 Å². The molecule has 8 nitrogen and oxygen atoms in total. The van der Waals surface area contributed by atoms with Crippen molar-refractivity contribution >= 4 is 15.8 Å². The minimum atomic E-state index is -4.73. The van der Waals surface area contributed by atoms with Crippen molar-refractivity contribution in [2.24, 2.45) is 0 Å². The molecule has 3 rings (SSSR count).